The zero-order valence-corrected chi connectivity index (χ0v) is 9.05. The second-order valence-electron chi connectivity index (χ2n) is 3.79. The molecule has 0 atom stereocenters. The largest absolute Gasteiger partial charge is 0.379 e. The number of ether oxygens (including phenoxy) is 2. The minimum absolute atomic E-state index is 0.118. The molecule has 0 aliphatic carbocycles. The highest BCUT2D eigenvalue weighted by Crippen LogP contribution is 2.16. The predicted molar refractivity (Wildman–Crippen MR) is 51.8 cm³/mol. The SMILES string of the molecule is COCC(=O)CCCC(C)(C)OC. The molecule has 3 nitrogen and oxygen atoms in total. The fourth-order valence-electron chi connectivity index (χ4n) is 1.05. The average Bonchev–Trinajstić information content (AvgIpc) is 2.05. The second kappa shape index (κ2) is 6.11. The lowest BCUT2D eigenvalue weighted by atomic mass is 10.0. The predicted octanol–water partition coefficient (Wildman–Crippen LogP) is 1.80. The maximum atomic E-state index is 11.1. The first kappa shape index (κ1) is 12.6. The number of carbonyl (C=O) groups excluding carboxylic acids is 1. The summed E-state index contributed by atoms with van der Waals surface area (Å²) in [7, 11) is 3.23. The molecule has 0 rings (SSSR count). The molecule has 0 aromatic carbocycles. The van der Waals surface area contributed by atoms with Gasteiger partial charge in [0.2, 0.25) is 0 Å². The molecule has 0 aliphatic heterocycles. The molecule has 0 radical (unpaired) electrons. The molecular formula is C10H20O3. The van der Waals surface area contributed by atoms with Crippen LogP contribution < -0.4 is 0 Å². The van der Waals surface area contributed by atoms with Gasteiger partial charge in [-0.15, -0.1) is 0 Å². The normalized spacial score (nSPS) is 11.7. The van der Waals surface area contributed by atoms with E-state index in [-0.39, 0.29) is 18.0 Å². The van der Waals surface area contributed by atoms with Crippen molar-refractivity contribution in [1.29, 1.82) is 0 Å². The van der Waals surface area contributed by atoms with Crippen molar-refractivity contribution in [3.05, 3.63) is 0 Å². The first-order valence-electron chi connectivity index (χ1n) is 4.57. The Morgan fingerprint density at radius 1 is 1.31 bits per heavy atom. The van der Waals surface area contributed by atoms with E-state index in [0.717, 1.165) is 12.8 Å². The minimum atomic E-state index is -0.118. The fraction of sp³-hybridized carbons (Fsp3) is 0.900. The van der Waals surface area contributed by atoms with E-state index in [1.807, 2.05) is 13.8 Å². The van der Waals surface area contributed by atoms with E-state index >= 15 is 0 Å². The monoisotopic (exact) mass is 188 g/mol. The van der Waals surface area contributed by atoms with Gasteiger partial charge in [-0.1, -0.05) is 0 Å². The van der Waals surface area contributed by atoms with Gasteiger partial charge in [0.1, 0.15) is 6.61 Å². The molecule has 0 unspecified atom stereocenters. The quantitative estimate of drug-likeness (QED) is 0.611. The highest BCUT2D eigenvalue weighted by atomic mass is 16.5. The molecule has 0 bridgehead atoms. The van der Waals surface area contributed by atoms with Gasteiger partial charge < -0.3 is 9.47 Å². The highest BCUT2D eigenvalue weighted by molar-refractivity contribution is 5.79. The van der Waals surface area contributed by atoms with Crippen LogP contribution in [0.5, 0.6) is 0 Å². The van der Waals surface area contributed by atoms with Crippen molar-refractivity contribution in [2.75, 3.05) is 20.8 Å². The Balaban J connectivity index is 3.50. The zero-order valence-electron chi connectivity index (χ0n) is 9.05. The van der Waals surface area contributed by atoms with Gasteiger partial charge in [-0.25, -0.2) is 0 Å². The summed E-state index contributed by atoms with van der Waals surface area (Å²) in [6.07, 6.45) is 2.35. The number of methoxy groups -OCH3 is 2. The minimum Gasteiger partial charge on any atom is -0.379 e. The Morgan fingerprint density at radius 3 is 2.38 bits per heavy atom. The van der Waals surface area contributed by atoms with Gasteiger partial charge in [-0.3, -0.25) is 4.79 Å². The molecule has 0 saturated heterocycles. The van der Waals surface area contributed by atoms with Crippen LogP contribution in [0.3, 0.4) is 0 Å². The molecule has 0 N–H and O–H groups in total. The van der Waals surface area contributed by atoms with Crippen molar-refractivity contribution in [3.8, 4) is 0 Å². The van der Waals surface area contributed by atoms with Crippen molar-refractivity contribution in [2.24, 2.45) is 0 Å². The summed E-state index contributed by atoms with van der Waals surface area (Å²) in [5.41, 5.74) is -0.118. The first-order valence-corrected chi connectivity index (χ1v) is 4.57. The third-order valence-electron chi connectivity index (χ3n) is 2.09. The number of ketones is 1. The van der Waals surface area contributed by atoms with Crippen LogP contribution in [0.2, 0.25) is 0 Å². The van der Waals surface area contributed by atoms with Crippen molar-refractivity contribution < 1.29 is 14.3 Å². The van der Waals surface area contributed by atoms with Gasteiger partial charge in [-0.05, 0) is 26.7 Å². The first-order chi connectivity index (χ1) is 6.02. The zero-order chi connectivity index (χ0) is 10.3. The number of Topliss-reactive ketones (excluding diaryl/α,β-unsaturated/α-hetero) is 1. The highest BCUT2D eigenvalue weighted by Gasteiger charge is 2.16. The Bertz CT molecular complexity index is 152. The van der Waals surface area contributed by atoms with Crippen LogP contribution in [0.25, 0.3) is 0 Å². The molecular weight excluding hydrogens is 168 g/mol. The van der Waals surface area contributed by atoms with Crippen molar-refractivity contribution in [1.82, 2.24) is 0 Å². The Hall–Kier alpha value is -0.410. The van der Waals surface area contributed by atoms with Crippen LogP contribution in [0, 0.1) is 0 Å². The lowest BCUT2D eigenvalue weighted by Gasteiger charge is -2.22. The van der Waals surface area contributed by atoms with Gasteiger partial charge in [0.05, 0.1) is 5.60 Å². The number of rotatable bonds is 7. The van der Waals surface area contributed by atoms with Crippen molar-refractivity contribution >= 4 is 5.78 Å². The van der Waals surface area contributed by atoms with E-state index in [9.17, 15) is 4.79 Å². The van der Waals surface area contributed by atoms with Crippen LogP contribution >= 0.6 is 0 Å². The Kier molecular flexibility index (Phi) is 5.91. The van der Waals surface area contributed by atoms with Gasteiger partial charge in [0.25, 0.3) is 0 Å². The van der Waals surface area contributed by atoms with E-state index in [4.69, 9.17) is 9.47 Å². The summed E-state index contributed by atoms with van der Waals surface area (Å²) in [6.45, 7) is 4.27. The molecule has 0 saturated carbocycles. The number of carbonyl (C=O) groups is 1. The molecule has 0 amide bonds. The number of hydrogen-bond donors (Lipinski definition) is 0. The summed E-state index contributed by atoms with van der Waals surface area (Å²) in [5, 5.41) is 0. The lowest BCUT2D eigenvalue weighted by Crippen LogP contribution is -2.22. The maximum Gasteiger partial charge on any atom is 0.158 e. The second-order valence-corrected chi connectivity index (χ2v) is 3.79. The molecule has 0 aliphatic rings. The molecule has 0 aromatic heterocycles. The summed E-state index contributed by atoms with van der Waals surface area (Å²) in [5.74, 6) is 0.161. The van der Waals surface area contributed by atoms with E-state index in [1.54, 1.807) is 7.11 Å². The van der Waals surface area contributed by atoms with Crippen molar-refractivity contribution in [2.45, 2.75) is 38.7 Å². The average molecular weight is 188 g/mol. The summed E-state index contributed by atoms with van der Waals surface area (Å²) < 4.78 is 9.97. The topological polar surface area (TPSA) is 35.5 Å². The lowest BCUT2D eigenvalue weighted by molar-refractivity contribution is -0.122. The van der Waals surface area contributed by atoms with Crippen LogP contribution in [-0.4, -0.2) is 32.2 Å². The number of hydrogen-bond acceptors (Lipinski definition) is 3. The van der Waals surface area contributed by atoms with E-state index < -0.39 is 0 Å². The van der Waals surface area contributed by atoms with E-state index in [2.05, 4.69) is 0 Å². The Labute approximate surface area is 80.4 Å². The van der Waals surface area contributed by atoms with Crippen LogP contribution in [0.1, 0.15) is 33.1 Å². The van der Waals surface area contributed by atoms with Crippen LogP contribution in [-0.2, 0) is 14.3 Å². The Morgan fingerprint density at radius 2 is 1.92 bits per heavy atom. The summed E-state index contributed by atoms with van der Waals surface area (Å²) >= 11 is 0. The van der Waals surface area contributed by atoms with Gasteiger partial charge in [0.15, 0.2) is 5.78 Å². The molecule has 0 fully saturated rings. The fourth-order valence-corrected chi connectivity index (χ4v) is 1.05. The van der Waals surface area contributed by atoms with Crippen LogP contribution in [0.4, 0.5) is 0 Å². The van der Waals surface area contributed by atoms with E-state index in [0.29, 0.717) is 6.42 Å². The maximum absolute atomic E-state index is 11.1. The smallest absolute Gasteiger partial charge is 0.158 e. The molecule has 0 aromatic rings. The van der Waals surface area contributed by atoms with Gasteiger partial charge >= 0.3 is 0 Å². The van der Waals surface area contributed by atoms with Gasteiger partial charge in [-0.2, -0.15) is 0 Å². The summed E-state index contributed by atoms with van der Waals surface area (Å²) in [4.78, 5) is 11.1. The standard InChI is InChI=1S/C10H20O3/c1-10(2,13-4)7-5-6-9(11)8-12-3/h5-8H2,1-4H3. The molecule has 78 valence electrons. The molecule has 3 heteroatoms. The summed E-state index contributed by atoms with van der Waals surface area (Å²) in [6, 6.07) is 0. The third kappa shape index (κ3) is 6.72. The van der Waals surface area contributed by atoms with E-state index in [1.165, 1.54) is 7.11 Å². The molecule has 13 heavy (non-hydrogen) atoms. The molecule has 0 spiro atoms. The van der Waals surface area contributed by atoms with Crippen molar-refractivity contribution in [3.63, 3.8) is 0 Å². The van der Waals surface area contributed by atoms with Crippen LogP contribution in [0.15, 0.2) is 0 Å². The third-order valence-corrected chi connectivity index (χ3v) is 2.09. The molecule has 0 heterocycles. The van der Waals surface area contributed by atoms with Gasteiger partial charge in [0, 0.05) is 20.6 Å².